The number of hydrogen-bond acceptors (Lipinski definition) is 8. The molecule has 0 bridgehead atoms. The van der Waals surface area contributed by atoms with Crippen molar-refractivity contribution in [3.63, 3.8) is 0 Å². The highest BCUT2D eigenvalue weighted by Gasteiger charge is 2.20. The van der Waals surface area contributed by atoms with E-state index in [0.717, 1.165) is 34.6 Å². The molecule has 1 saturated heterocycles. The average Bonchev–Trinajstić information content (AvgIpc) is 3.26. The van der Waals surface area contributed by atoms with E-state index in [0.29, 0.717) is 54.4 Å². The molecule has 1 aromatic heterocycles. The van der Waals surface area contributed by atoms with E-state index >= 15 is 0 Å². The summed E-state index contributed by atoms with van der Waals surface area (Å²) in [6.07, 6.45) is 0. The fraction of sp³-hybridized carbons (Fsp3) is 0.391. The van der Waals surface area contributed by atoms with Crippen LogP contribution in [0.15, 0.2) is 30.3 Å². The Hall–Kier alpha value is -2.43. The second-order valence-electron chi connectivity index (χ2n) is 7.51. The molecule has 0 spiro atoms. The van der Waals surface area contributed by atoms with Crippen LogP contribution in [0.2, 0.25) is 5.02 Å². The van der Waals surface area contributed by atoms with Crippen LogP contribution < -0.4 is 20.3 Å². The molecule has 8 nitrogen and oxygen atoms in total. The highest BCUT2D eigenvalue weighted by Crippen LogP contribution is 2.39. The van der Waals surface area contributed by atoms with Crippen LogP contribution in [0.3, 0.4) is 0 Å². The quantitative estimate of drug-likeness (QED) is 0.441. The number of carbonyl (C=O) groups is 1. The molecule has 0 atom stereocenters. The zero-order chi connectivity index (χ0) is 23.2. The van der Waals surface area contributed by atoms with Crippen LogP contribution in [-0.4, -0.2) is 64.6 Å². The number of benzene rings is 2. The smallest absolute Gasteiger partial charge is 0.257 e. The SMILES string of the molecule is COCCNCc1cc(C(=O)Nc2nc3c(OC)ccc(N4CCOCC4)c3s2)ccc1Cl. The maximum Gasteiger partial charge on any atom is 0.257 e. The molecule has 2 heterocycles. The van der Waals surface area contributed by atoms with Crippen LogP contribution in [0.1, 0.15) is 15.9 Å². The molecule has 1 fully saturated rings. The van der Waals surface area contributed by atoms with Crippen LogP contribution >= 0.6 is 22.9 Å². The molecule has 1 amide bonds. The van der Waals surface area contributed by atoms with Gasteiger partial charge in [-0.1, -0.05) is 22.9 Å². The van der Waals surface area contributed by atoms with Gasteiger partial charge in [0, 0.05) is 43.9 Å². The number of aromatic nitrogens is 1. The fourth-order valence-corrected chi connectivity index (χ4v) is 4.86. The molecular formula is C23H27ClN4O4S. The number of hydrogen-bond donors (Lipinski definition) is 2. The van der Waals surface area contributed by atoms with Crippen LogP contribution in [0.25, 0.3) is 10.2 Å². The Morgan fingerprint density at radius 1 is 1.24 bits per heavy atom. The number of methoxy groups -OCH3 is 2. The van der Waals surface area contributed by atoms with Crippen LogP contribution in [0, 0.1) is 0 Å². The highest BCUT2D eigenvalue weighted by atomic mass is 35.5. The van der Waals surface area contributed by atoms with Crippen LogP contribution in [-0.2, 0) is 16.0 Å². The lowest BCUT2D eigenvalue weighted by molar-refractivity contribution is 0.102. The number of thiazole rings is 1. The summed E-state index contributed by atoms with van der Waals surface area (Å²) >= 11 is 7.75. The van der Waals surface area contributed by atoms with Gasteiger partial charge in [0.05, 0.1) is 37.3 Å². The van der Waals surface area contributed by atoms with Gasteiger partial charge in [0.1, 0.15) is 11.3 Å². The number of nitrogens with zero attached hydrogens (tertiary/aromatic N) is 2. The molecule has 1 aliphatic heterocycles. The number of fused-ring (bicyclic) bond motifs is 1. The predicted molar refractivity (Wildman–Crippen MR) is 132 cm³/mol. The standard InChI is InChI=1S/C23H27ClN4O4S/c1-30-10-7-25-14-16-13-15(3-4-17(16)24)22(29)27-23-26-20-19(31-2)6-5-18(21(20)33-23)28-8-11-32-12-9-28/h3-6,13,25H,7-12,14H2,1-2H3,(H,26,27,29). The fourth-order valence-electron chi connectivity index (χ4n) is 3.66. The summed E-state index contributed by atoms with van der Waals surface area (Å²) in [7, 11) is 3.28. The van der Waals surface area contributed by atoms with E-state index in [1.165, 1.54) is 11.3 Å². The van der Waals surface area contributed by atoms with E-state index in [-0.39, 0.29) is 5.91 Å². The van der Waals surface area contributed by atoms with Crippen molar-refractivity contribution in [2.75, 3.05) is 63.9 Å². The molecule has 3 aromatic rings. The van der Waals surface area contributed by atoms with Crippen LogP contribution in [0.5, 0.6) is 5.75 Å². The van der Waals surface area contributed by atoms with Crippen molar-refractivity contribution in [3.8, 4) is 5.75 Å². The minimum absolute atomic E-state index is 0.240. The summed E-state index contributed by atoms with van der Waals surface area (Å²) in [5.41, 5.74) is 3.17. The Labute approximate surface area is 201 Å². The van der Waals surface area contributed by atoms with Gasteiger partial charge in [0.25, 0.3) is 5.91 Å². The van der Waals surface area contributed by atoms with Gasteiger partial charge in [-0.2, -0.15) is 0 Å². The van der Waals surface area contributed by atoms with Gasteiger partial charge in [0.2, 0.25) is 0 Å². The molecule has 2 N–H and O–H groups in total. The third-order valence-corrected chi connectivity index (χ3v) is 6.75. The van der Waals surface area contributed by atoms with Gasteiger partial charge in [-0.15, -0.1) is 0 Å². The molecular weight excluding hydrogens is 464 g/mol. The Morgan fingerprint density at radius 3 is 2.82 bits per heavy atom. The Kier molecular flexibility index (Phi) is 8.00. The maximum absolute atomic E-state index is 13.0. The largest absolute Gasteiger partial charge is 0.494 e. The van der Waals surface area contributed by atoms with Crippen molar-refractivity contribution >= 4 is 49.9 Å². The lowest BCUT2D eigenvalue weighted by Crippen LogP contribution is -2.36. The molecule has 10 heteroatoms. The first-order valence-electron chi connectivity index (χ1n) is 10.7. The summed E-state index contributed by atoms with van der Waals surface area (Å²) in [5, 5.41) is 7.31. The number of ether oxygens (including phenoxy) is 3. The monoisotopic (exact) mass is 490 g/mol. The van der Waals surface area contributed by atoms with Crippen molar-refractivity contribution in [3.05, 3.63) is 46.5 Å². The minimum atomic E-state index is -0.240. The van der Waals surface area contributed by atoms with E-state index in [9.17, 15) is 4.79 Å². The van der Waals surface area contributed by atoms with Crippen molar-refractivity contribution < 1.29 is 19.0 Å². The maximum atomic E-state index is 13.0. The van der Waals surface area contributed by atoms with Crippen molar-refractivity contribution in [1.29, 1.82) is 0 Å². The van der Waals surface area contributed by atoms with Gasteiger partial charge in [0.15, 0.2) is 5.13 Å². The van der Waals surface area contributed by atoms with Gasteiger partial charge >= 0.3 is 0 Å². The van der Waals surface area contributed by atoms with E-state index in [1.54, 1.807) is 32.4 Å². The van der Waals surface area contributed by atoms with Gasteiger partial charge in [-0.25, -0.2) is 4.98 Å². The Morgan fingerprint density at radius 2 is 2.06 bits per heavy atom. The third-order valence-electron chi connectivity index (χ3n) is 5.38. The van der Waals surface area contributed by atoms with E-state index in [2.05, 4.69) is 20.5 Å². The topological polar surface area (TPSA) is 85.0 Å². The number of anilines is 2. The first-order valence-corrected chi connectivity index (χ1v) is 11.9. The minimum Gasteiger partial charge on any atom is -0.494 e. The van der Waals surface area contributed by atoms with Crippen LogP contribution in [0.4, 0.5) is 10.8 Å². The molecule has 0 aliphatic carbocycles. The third kappa shape index (κ3) is 5.56. The number of halogens is 1. The van der Waals surface area contributed by atoms with Crippen molar-refractivity contribution in [2.24, 2.45) is 0 Å². The second kappa shape index (κ2) is 11.1. The lowest BCUT2D eigenvalue weighted by Gasteiger charge is -2.29. The molecule has 4 rings (SSSR count). The molecule has 0 saturated carbocycles. The van der Waals surface area contributed by atoms with Crippen molar-refractivity contribution in [2.45, 2.75) is 6.54 Å². The first-order chi connectivity index (χ1) is 16.1. The van der Waals surface area contributed by atoms with Gasteiger partial charge in [-0.05, 0) is 35.9 Å². The lowest BCUT2D eigenvalue weighted by atomic mass is 10.1. The summed E-state index contributed by atoms with van der Waals surface area (Å²) in [6.45, 7) is 4.85. The zero-order valence-corrected chi connectivity index (χ0v) is 20.2. The number of morpholine rings is 1. The zero-order valence-electron chi connectivity index (χ0n) is 18.7. The summed E-state index contributed by atoms with van der Waals surface area (Å²) < 4.78 is 17.0. The van der Waals surface area contributed by atoms with Gasteiger partial charge in [-0.3, -0.25) is 10.1 Å². The molecule has 2 aromatic carbocycles. The normalized spacial score (nSPS) is 14.0. The predicted octanol–water partition coefficient (Wildman–Crippen LogP) is 3.78. The number of carbonyl (C=O) groups excluding carboxylic acids is 1. The first kappa shape index (κ1) is 23.7. The summed E-state index contributed by atoms with van der Waals surface area (Å²) in [4.78, 5) is 19.9. The Bertz CT molecular complexity index is 1120. The number of amides is 1. The molecule has 1 aliphatic rings. The molecule has 0 radical (unpaired) electrons. The van der Waals surface area contributed by atoms with E-state index in [1.807, 2.05) is 12.1 Å². The number of nitrogens with one attached hydrogen (secondary N) is 2. The Balaban J connectivity index is 1.55. The van der Waals surface area contributed by atoms with Gasteiger partial charge < -0.3 is 24.4 Å². The number of rotatable bonds is 9. The summed E-state index contributed by atoms with van der Waals surface area (Å²) in [6, 6.07) is 9.20. The molecule has 176 valence electrons. The molecule has 0 unspecified atom stereocenters. The van der Waals surface area contributed by atoms with E-state index < -0.39 is 0 Å². The molecule has 33 heavy (non-hydrogen) atoms. The summed E-state index contributed by atoms with van der Waals surface area (Å²) in [5.74, 6) is 0.436. The average molecular weight is 491 g/mol. The second-order valence-corrected chi connectivity index (χ2v) is 8.92. The van der Waals surface area contributed by atoms with Crippen molar-refractivity contribution in [1.82, 2.24) is 10.3 Å². The highest BCUT2D eigenvalue weighted by molar-refractivity contribution is 7.23. The van der Waals surface area contributed by atoms with E-state index in [4.69, 9.17) is 25.8 Å².